The summed E-state index contributed by atoms with van der Waals surface area (Å²) in [5.41, 5.74) is 0.316. The molecule has 0 aliphatic carbocycles. The van der Waals surface area contributed by atoms with Crippen LogP contribution in [0.4, 0.5) is 10.8 Å². The van der Waals surface area contributed by atoms with Crippen molar-refractivity contribution >= 4 is 61.4 Å². The van der Waals surface area contributed by atoms with Gasteiger partial charge in [-0.05, 0) is 24.5 Å². The third-order valence-corrected chi connectivity index (χ3v) is 6.79. The standard InChI is InChI=1S/C14H15ClN4O4S3/c1-24-14-18-17-13(25-14)16-12(20)11-5-6-19(26(2,21)22)9-7-8(15)3-4-10(9)23-11/h3-4,7,11H,5-6H2,1-2H3,(H,16,17,20)/t11-/m0/s1. The maximum absolute atomic E-state index is 12.6. The SMILES string of the molecule is CSc1nnc(NC(=O)[C@@H]2CCN(S(C)(=O)=O)c3cc(Cl)ccc3O2)s1. The van der Waals surface area contributed by atoms with Gasteiger partial charge in [0, 0.05) is 18.0 Å². The monoisotopic (exact) mass is 434 g/mol. The van der Waals surface area contributed by atoms with Crippen LogP contribution >= 0.6 is 34.7 Å². The molecule has 0 unspecified atom stereocenters. The van der Waals surface area contributed by atoms with E-state index < -0.39 is 22.0 Å². The quantitative estimate of drug-likeness (QED) is 0.582. The van der Waals surface area contributed by atoms with Gasteiger partial charge in [-0.3, -0.25) is 14.4 Å². The van der Waals surface area contributed by atoms with Crippen molar-refractivity contribution in [2.24, 2.45) is 0 Å². The average Bonchev–Trinajstić information content (AvgIpc) is 2.92. The summed E-state index contributed by atoms with van der Waals surface area (Å²) in [7, 11) is -3.55. The van der Waals surface area contributed by atoms with Gasteiger partial charge >= 0.3 is 0 Å². The van der Waals surface area contributed by atoms with Gasteiger partial charge < -0.3 is 4.74 Å². The number of sulfonamides is 1. The van der Waals surface area contributed by atoms with Crippen LogP contribution in [0, 0.1) is 0 Å². The van der Waals surface area contributed by atoms with Crippen molar-refractivity contribution < 1.29 is 17.9 Å². The molecule has 1 N–H and O–H groups in total. The summed E-state index contributed by atoms with van der Waals surface area (Å²) in [6, 6.07) is 4.64. The molecule has 0 bridgehead atoms. The molecule has 12 heteroatoms. The van der Waals surface area contributed by atoms with E-state index in [9.17, 15) is 13.2 Å². The van der Waals surface area contributed by atoms with Gasteiger partial charge in [0.15, 0.2) is 10.4 Å². The van der Waals surface area contributed by atoms with Gasteiger partial charge in [-0.15, -0.1) is 10.2 Å². The fourth-order valence-electron chi connectivity index (χ4n) is 2.41. The van der Waals surface area contributed by atoms with Crippen molar-refractivity contribution in [1.29, 1.82) is 0 Å². The molecule has 1 aromatic heterocycles. The number of benzene rings is 1. The highest BCUT2D eigenvalue weighted by atomic mass is 35.5. The number of aromatic nitrogens is 2. The van der Waals surface area contributed by atoms with E-state index in [1.54, 1.807) is 12.1 Å². The third-order valence-electron chi connectivity index (χ3n) is 3.56. The highest BCUT2D eigenvalue weighted by Crippen LogP contribution is 2.36. The maximum atomic E-state index is 12.6. The van der Waals surface area contributed by atoms with Crippen LogP contribution in [0.1, 0.15) is 6.42 Å². The molecule has 0 saturated heterocycles. The molecule has 2 aromatic rings. The predicted molar refractivity (Wildman–Crippen MR) is 103 cm³/mol. The summed E-state index contributed by atoms with van der Waals surface area (Å²) < 4.78 is 31.9. The minimum atomic E-state index is -3.55. The molecular formula is C14H15ClN4O4S3. The first-order valence-corrected chi connectivity index (χ1v) is 11.7. The van der Waals surface area contributed by atoms with Crippen molar-refractivity contribution in [3.05, 3.63) is 23.2 Å². The topological polar surface area (TPSA) is 101 Å². The smallest absolute Gasteiger partial charge is 0.267 e. The first-order valence-electron chi connectivity index (χ1n) is 7.40. The van der Waals surface area contributed by atoms with Gasteiger partial charge in [-0.25, -0.2) is 8.42 Å². The summed E-state index contributed by atoms with van der Waals surface area (Å²) in [5.74, 6) is -0.135. The summed E-state index contributed by atoms with van der Waals surface area (Å²) >= 11 is 8.67. The van der Waals surface area contributed by atoms with Gasteiger partial charge in [0.05, 0.1) is 11.9 Å². The number of rotatable bonds is 4. The largest absolute Gasteiger partial charge is 0.478 e. The number of nitrogens with one attached hydrogen (secondary N) is 1. The van der Waals surface area contributed by atoms with Crippen LogP contribution in [-0.2, 0) is 14.8 Å². The summed E-state index contributed by atoms with van der Waals surface area (Å²) in [6.07, 6.45) is 2.27. The number of halogens is 1. The number of hydrogen-bond donors (Lipinski definition) is 1. The van der Waals surface area contributed by atoms with E-state index >= 15 is 0 Å². The number of amides is 1. The summed E-state index contributed by atoms with van der Waals surface area (Å²) in [5, 5.41) is 11.2. The second kappa shape index (κ2) is 7.59. The molecule has 1 aliphatic heterocycles. The van der Waals surface area contributed by atoms with Crippen LogP contribution in [0.25, 0.3) is 0 Å². The summed E-state index contributed by atoms with van der Waals surface area (Å²) in [4.78, 5) is 12.6. The molecule has 1 aliphatic rings. The zero-order chi connectivity index (χ0) is 18.9. The molecule has 140 valence electrons. The maximum Gasteiger partial charge on any atom is 0.267 e. The second-order valence-electron chi connectivity index (χ2n) is 5.41. The molecule has 26 heavy (non-hydrogen) atoms. The normalized spacial score (nSPS) is 17.2. The molecule has 1 atom stereocenters. The number of nitrogens with zero attached hydrogens (tertiary/aromatic N) is 3. The number of hydrogen-bond acceptors (Lipinski definition) is 8. The van der Waals surface area contributed by atoms with Gasteiger partial charge in [-0.1, -0.05) is 34.7 Å². The number of carbonyl (C=O) groups is 1. The van der Waals surface area contributed by atoms with Crippen molar-refractivity contribution in [1.82, 2.24) is 10.2 Å². The Bertz CT molecular complexity index is 934. The Balaban J connectivity index is 1.85. The van der Waals surface area contributed by atoms with Gasteiger partial charge in [0.2, 0.25) is 15.2 Å². The molecule has 1 aromatic carbocycles. The van der Waals surface area contributed by atoms with Crippen LogP contribution in [0.3, 0.4) is 0 Å². The molecule has 3 rings (SSSR count). The summed E-state index contributed by atoms with van der Waals surface area (Å²) in [6.45, 7) is 0.0937. The van der Waals surface area contributed by atoms with Gasteiger partial charge in [-0.2, -0.15) is 0 Å². The van der Waals surface area contributed by atoms with Crippen LogP contribution in [-0.4, -0.2) is 49.7 Å². The molecular weight excluding hydrogens is 420 g/mol. The average molecular weight is 435 g/mol. The molecule has 0 radical (unpaired) electrons. The number of ether oxygens (including phenoxy) is 1. The van der Waals surface area contributed by atoms with Crippen LogP contribution in [0.5, 0.6) is 5.75 Å². The lowest BCUT2D eigenvalue weighted by molar-refractivity contribution is -0.122. The van der Waals surface area contributed by atoms with E-state index in [1.807, 2.05) is 6.26 Å². The Morgan fingerprint density at radius 3 is 2.88 bits per heavy atom. The highest BCUT2D eigenvalue weighted by Gasteiger charge is 2.31. The molecule has 0 saturated carbocycles. The molecule has 0 spiro atoms. The lowest BCUT2D eigenvalue weighted by atomic mass is 10.2. The second-order valence-corrected chi connectivity index (χ2v) is 9.78. The Morgan fingerprint density at radius 1 is 1.46 bits per heavy atom. The van der Waals surface area contributed by atoms with E-state index in [1.165, 1.54) is 33.5 Å². The van der Waals surface area contributed by atoms with E-state index in [-0.39, 0.29) is 18.7 Å². The highest BCUT2D eigenvalue weighted by molar-refractivity contribution is 8.00. The van der Waals surface area contributed by atoms with Gasteiger partial charge in [0.1, 0.15) is 5.75 Å². The number of anilines is 2. The Morgan fingerprint density at radius 2 is 2.23 bits per heavy atom. The van der Waals surface area contributed by atoms with Crippen LogP contribution < -0.4 is 14.4 Å². The zero-order valence-corrected chi connectivity index (χ0v) is 17.0. The lowest BCUT2D eigenvalue weighted by Crippen LogP contribution is -2.35. The van der Waals surface area contributed by atoms with Crippen molar-refractivity contribution in [3.63, 3.8) is 0 Å². The Labute approximate surface area is 163 Å². The van der Waals surface area contributed by atoms with E-state index in [0.29, 0.717) is 15.8 Å². The van der Waals surface area contributed by atoms with Gasteiger partial charge in [0.25, 0.3) is 5.91 Å². The number of carbonyl (C=O) groups excluding carboxylic acids is 1. The molecule has 2 heterocycles. The van der Waals surface area contributed by atoms with E-state index in [4.69, 9.17) is 16.3 Å². The Hall–Kier alpha value is -1.56. The minimum Gasteiger partial charge on any atom is -0.478 e. The fraction of sp³-hybridized carbons (Fsp3) is 0.357. The third kappa shape index (κ3) is 4.22. The zero-order valence-electron chi connectivity index (χ0n) is 13.8. The van der Waals surface area contributed by atoms with Crippen molar-refractivity contribution in [3.8, 4) is 5.75 Å². The number of fused-ring (bicyclic) bond motifs is 1. The first-order chi connectivity index (χ1) is 12.3. The fourth-order valence-corrected chi connectivity index (χ4v) is 4.69. The Kier molecular flexibility index (Phi) is 5.61. The molecule has 1 amide bonds. The van der Waals surface area contributed by atoms with E-state index in [2.05, 4.69) is 15.5 Å². The predicted octanol–water partition coefficient (Wildman–Crippen LogP) is 2.47. The lowest BCUT2D eigenvalue weighted by Gasteiger charge is -2.21. The number of thioether (sulfide) groups is 1. The molecule has 8 nitrogen and oxygen atoms in total. The van der Waals surface area contributed by atoms with Crippen LogP contribution in [0.15, 0.2) is 22.5 Å². The van der Waals surface area contributed by atoms with Crippen molar-refractivity contribution in [2.75, 3.05) is 28.7 Å². The first kappa shape index (κ1) is 19.2. The van der Waals surface area contributed by atoms with E-state index in [0.717, 1.165) is 10.6 Å². The van der Waals surface area contributed by atoms with Crippen LogP contribution in [0.2, 0.25) is 5.02 Å². The minimum absolute atomic E-state index is 0.0937. The molecule has 0 fully saturated rings. The van der Waals surface area contributed by atoms with Crippen molar-refractivity contribution in [2.45, 2.75) is 16.9 Å².